The smallest absolute Gasteiger partial charge is 0.233 e. The molecule has 0 spiro atoms. The first-order valence-corrected chi connectivity index (χ1v) is 10.1. The Morgan fingerprint density at radius 3 is 2.67 bits per heavy atom. The van der Waals surface area contributed by atoms with Crippen LogP contribution in [0.15, 0.2) is 53.7 Å². The number of hydrogen-bond acceptors (Lipinski definition) is 7. The number of aromatic nitrogens is 4. The van der Waals surface area contributed by atoms with Crippen LogP contribution >= 0.6 is 11.8 Å². The second kappa shape index (κ2) is 9.88. The number of ether oxygens (including phenoxy) is 1. The van der Waals surface area contributed by atoms with Crippen LogP contribution in [0.5, 0.6) is 5.75 Å². The van der Waals surface area contributed by atoms with Crippen molar-refractivity contribution in [2.24, 2.45) is 0 Å². The molecule has 0 aliphatic heterocycles. The van der Waals surface area contributed by atoms with Crippen LogP contribution in [0.4, 0.5) is 5.69 Å². The Morgan fingerprint density at radius 1 is 1.20 bits per heavy atom. The van der Waals surface area contributed by atoms with Gasteiger partial charge in [0, 0.05) is 19.2 Å². The molecule has 3 aromatic rings. The Bertz CT molecular complexity index is 1020. The molecule has 1 heterocycles. The summed E-state index contributed by atoms with van der Waals surface area (Å²) in [5.74, 6) is 0.474. The van der Waals surface area contributed by atoms with Crippen molar-refractivity contribution in [2.75, 3.05) is 12.4 Å². The van der Waals surface area contributed by atoms with E-state index in [1.165, 1.54) is 23.4 Å². The fraction of sp³-hybridized carbons (Fsp3) is 0.250. The van der Waals surface area contributed by atoms with Crippen LogP contribution in [0, 0.1) is 0 Å². The largest absolute Gasteiger partial charge is 0.497 e. The molecule has 0 radical (unpaired) electrons. The molecule has 0 saturated carbocycles. The van der Waals surface area contributed by atoms with Gasteiger partial charge in [-0.1, -0.05) is 30.0 Å². The van der Waals surface area contributed by atoms with Gasteiger partial charge in [-0.05, 0) is 53.2 Å². The molecule has 9 nitrogen and oxygen atoms in total. The Hall–Kier alpha value is -3.40. The standard InChI is InChI=1S/C20H22N6O3S/c1-13(19(28)21-12-15-7-9-18(29-3)10-8-15)30-20-23-24-25-26(20)17-6-4-5-16(11-17)22-14(2)27/h4-11,13H,12H2,1-3H3,(H,21,28)(H,22,27). The van der Waals surface area contributed by atoms with Gasteiger partial charge in [0.05, 0.1) is 18.0 Å². The lowest BCUT2D eigenvalue weighted by Gasteiger charge is -2.12. The Kier molecular flexibility index (Phi) is 7.02. The summed E-state index contributed by atoms with van der Waals surface area (Å²) in [4.78, 5) is 23.8. The van der Waals surface area contributed by atoms with Crippen LogP contribution in [0.2, 0.25) is 0 Å². The van der Waals surface area contributed by atoms with Crippen molar-refractivity contribution in [3.8, 4) is 11.4 Å². The normalized spacial score (nSPS) is 11.6. The van der Waals surface area contributed by atoms with E-state index in [0.29, 0.717) is 23.1 Å². The molecule has 2 amide bonds. The van der Waals surface area contributed by atoms with E-state index in [4.69, 9.17) is 4.74 Å². The van der Waals surface area contributed by atoms with Gasteiger partial charge in [-0.2, -0.15) is 4.68 Å². The summed E-state index contributed by atoms with van der Waals surface area (Å²) in [6.45, 7) is 3.65. The molecule has 30 heavy (non-hydrogen) atoms. The predicted molar refractivity (Wildman–Crippen MR) is 114 cm³/mol. The first-order valence-electron chi connectivity index (χ1n) is 9.20. The molecular formula is C20H22N6O3S. The minimum Gasteiger partial charge on any atom is -0.497 e. The highest BCUT2D eigenvalue weighted by molar-refractivity contribution is 8.00. The van der Waals surface area contributed by atoms with Crippen molar-refractivity contribution < 1.29 is 14.3 Å². The number of tetrazole rings is 1. The van der Waals surface area contributed by atoms with Gasteiger partial charge in [0.15, 0.2) is 0 Å². The topological polar surface area (TPSA) is 111 Å². The lowest BCUT2D eigenvalue weighted by molar-refractivity contribution is -0.120. The molecule has 2 N–H and O–H groups in total. The lowest BCUT2D eigenvalue weighted by atomic mass is 10.2. The number of carbonyl (C=O) groups excluding carboxylic acids is 2. The molecule has 0 aliphatic rings. The van der Waals surface area contributed by atoms with Gasteiger partial charge in [0.2, 0.25) is 17.0 Å². The van der Waals surface area contributed by atoms with E-state index in [0.717, 1.165) is 11.3 Å². The molecular weight excluding hydrogens is 404 g/mol. The Morgan fingerprint density at radius 2 is 1.97 bits per heavy atom. The average Bonchev–Trinajstić information content (AvgIpc) is 3.20. The van der Waals surface area contributed by atoms with Gasteiger partial charge in [-0.25, -0.2) is 0 Å². The van der Waals surface area contributed by atoms with E-state index in [1.54, 1.807) is 32.2 Å². The molecule has 3 rings (SSSR count). The predicted octanol–water partition coefficient (Wildman–Crippen LogP) is 2.43. The molecule has 1 atom stereocenters. The number of benzene rings is 2. The minimum absolute atomic E-state index is 0.127. The number of nitrogens with zero attached hydrogens (tertiary/aromatic N) is 4. The van der Waals surface area contributed by atoms with E-state index in [2.05, 4.69) is 26.2 Å². The first-order chi connectivity index (χ1) is 14.5. The van der Waals surface area contributed by atoms with E-state index in [1.807, 2.05) is 30.3 Å². The van der Waals surface area contributed by atoms with Gasteiger partial charge < -0.3 is 15.4 Å². The third-order valence-electron chi connectivity index (χ3n) is 4.13. The Labute approximate surface area is 178 Å². The average molecular weight is 427 g/mol. The third kappa shape index (κ3) is 5.57. The molecule has 0 saturated heterocycles. The van der Waals surface area contributed by atoms with Gasteiger partial charge in [0.1, 0.15) is 5.75 Å². The van der Waals surface area contributed by atoms with Gasteiger partial charge in [-0.15, -0.1) is 5.10 Å². The lowest BCUT2D eigenvalue weighted by Crippen LogP contribution is -2.30. The number of thioether (sulfide) groups is 1. The molecule has 0 fully saturated rings. The van der Waals surface area contributed by atoms with Crippen molar-refractivity contribution in [1.82, 2.24) is 25.5 Å². The summed E-state index contributed by atoms with van der Waals surface area (Å²) in [5.41, 5.74) is 2.29. The zero-order valence-electron chi connectivity index (χ0n) is 16.8. The van der Waals surface area contributed by atoms with Crippen molar-refractivity contribution >= 4 is 29.3 Å². The number of anilines is 1. The number of rotatable bonds is 8. The summed E-state index contributed by atoms with van der Waals surface area (Å²) < 4.78 is 6.66. The van der Waals surface area contributed by atoms with Crippen molar-refractivity contribution in [1.29, 1.82) is 0 Å². The number of methoxy groups -OCH3 is 1. The Balaban J connectivity index is 1.63. The van der Waals surface area contributed by atoms with Gasteiger partial charge >= 0.3 is 0 Å². The maximum absolute atomic E-state index is 12.5. The third-order valence-corrected chi connectivity index (χ3v) is 5.16. The number of amides is 2. The van der Waals surface area contributed by atoms with Gasteiger partial charge in [0.25, 0.3) is 0 Å². The molecule has 156 valence electrons. The SMILES string of the molecule is COc1ccc(CNC(=O)C(C)Sc2nnnn2-c2cccc(NC(C)=O)c2)cc1. The highest BCUT2D eigenvalue weighted by atomic mass is 32.2. The highest BCUT2D eigenvalue weighted by Crippen LogP contribution is 2.24. The molecule has 1 aromatic heterocycles. The summed E-state index contributed by atoms with van der Waals surface area (Å²) >= 11 is 1.25. The number of hydrogen-bond donors (Lipinski definition) is 2. The summed E-state index contributed by atoms with van der Waals surface area (Å²) in [6.07, 6.45) is 0. The summed E-state index contributed by atoms with van der Waals surface area (Å²) in [7, 11) is 1.61. The molecule has 10 heteroatoms. The number of nitrogens with one attached hydrogen (secondary N) is 2. The second-order valence-corrected chi connectivity index (χ2v) is 7.74. The monoisotopic (exact) mass is 426 g/mol. The van der Waals surface area contributed by atoms with Crippen molar-refractivity contribution in [3.05, 3.63) is 54.1 Å². The van der Waals surface area contributed by atoms with Crippen molar-refractivity contribution in [3.63, 3.8) is 0 Å². The van der Waals surface area contributed by atoms with Crippen LogP contribution < -0.4 is 15.4 Å². The van der Waals surface area contributed by atoms with E-state index < -0.39 is 5.25 Å². The van der Waals surface area contributed by atoms with Crippen LogP contribution in [-0.4, -0.2) is 44.4 Å². The number of carbonyl (C=O) groups is 2. The quantitative estimate of drug-likeness (QED) is 0.532. The second-order valence-electron chi connectivity index (χ2n) is 6.43. The maximum Gasteiger partial charge on any atom is 0.233 e. The molecule has 1 unspecified atom stereocenters. The summed E-state index contributed by atoms with van der Waals surface area (Å²) in [5, 5.41) is 17.5. The van der Waals surface area contributed by atoms with Gasteiger partial charge in [-0.3, -0.25) is 9.59 Å². The first kappa shape index (κ1) is 21.3. The van der Waals surface area contributed by atoms with E-state index >= 15 is 0 Å². The van der Waals surface area contributed by atoms with Crippen molar-refractivity contribution in [2.45, 2.75) is 30.8 Å². The van der Waals surface area contributed by atoms with Crippen LogP contribution in [0.3, 0.4) is 0 Å². The zero-order chi connectivity index (χ0) is 21.5. The van der Waals surface area contributed by atoms with Crippen LogP contribution in [-0.2, 0) is 16.1 Å². The van der Waals surface area contributed by atoms with E-state index in [9.17, 15) is 9.59 Å². The zero-order valence-corrected chi connectivity index (χ0v) is 17.6. The highest BCUT2D eigenvalue weighted by Gasteiger charge is 2.19. The fourth-order valence-corrected chi connectivity index (χ4v) is 3.45. The molecule has 0 aliphatic carbocycles. The fourth-order valence-electron chi connectivity index (χ4n) is 2.62. The minimum atomic E-state index is -0.411. The molecule has 2 aromatic carbocycles. The maximum atomic E-state index is 12.5. The van der Waals surface area contributed by atoms with Crippen LogP contribution in [0.1, 0.15) is 19.4 Å². The van der Waals surface area contributed by atoms with Crippen LogP contribution in [0.25, 0.3) is 5.69 Å². The summed E-state index contributed by atoms with van der Waals surface area (Å²) in [6, 6.07) is 14.7. The molecule has 0 bridgehead atoms. The van der Waals surface area contributed by atoms with E-state index in [-0.39, 0.29) is 11.8 Å².